The summed E-state index contributed by atoms with van der Waals surface area (Å²) < 4.78 is 7.97. The number of aliphatic carboxylic acids is 1. The monoisotopic (exact) mass is 444 g/mol. The summed E-state index contributed by atoms with van der Waals surface area (Å²) in [7, 11) is 2.01. The SMILES string of the molecule is CC(C)Oc1ccccc1CN(CC(=O)O)C(=O)Cc1ccc2c3ccccc3n(C)c2c1. The molecule has 0 aliphatic rings. The Morgan fingerprint density at radius 2 is 1.67 bits per heavy atom. The number of aromatic nitrogens is 1. The second-order valence-corrected chi connectivity index (χ2v) is 8.52. The van der Waals surface area contributed by atoms with Gasteiger partial charge in [0.25, 0.3) is 0 Å². The first kappa shape index (κ1) is 22.4. The Kier molecular flexibility index (Phi) is 6.36. The smallest absolute Gasteiger partial charge is 0.323 e. The lowest BCUT2D eigenvalue weighted by Gasteiger charge is -2.23. The van der Waals surface area contributed by atoms with Gasteiger partial charge in [0, 0.05) is 41.0 Å². The zero-order chi connectivity index (χ0) is 23.5. The lowest BCUT2D eigenvalue weighted by molar-refractivity contribution is -0.144. The van der Waals surface area contributed by atoms with E-state index in [0.717, 1.165) is 27.5 Å². The van der Waals surface area contributed by atoms with Crippen molar-refractivity contribution in [1.82, 2.24) is 9.47 Å². The quantitative estimate of drug-likeness (QED) is 0.425. The van der Waals surface area contributed by atoms with Gasteiger partial charge in [0.15, 0.2) is 0 Å². The van der Waals surface area contributed by atoms with Crippen molar-refractivity contribution < 1.29 is 19.4 Å². The number of amides is 1. The number of nitrogens with zero attached hydrogens (tertiary/aromatic N) is 2. The minimum Gasteiger partial charge on any atom is -0.491 e. The number of carboxylic acids is 1. The molecule has 0 saturated heterocycles. The fourth-order valence-corrected chi connectivity index (χ4v) is 4.21. The molecule has 4 rings (SSSR count). The Bertz CT molecular complexity index is 1320. The minimum atomic E-state index is -1.05. The van der Waals surface area contributed by atoms with Crippen LogP contribution in [0.5, 0.6) is 5.75 Å². The number of hydrogen-bond acceptors (Lipinski definition) is 3. The maximum absolute atomic E-state index is 13.2. The molecule has 0 fully saturated rings. The molecule has 33 heavy (non-hydrogen) atoms. The summed E-state index contributed by atoms with van der Waals surface area (Å²) >= 11 is 0. The molecular weight excluding hydrogens is 416 g/mol. The van der Waals surface area contributed by atoms with Crippen LogP contribution in [0, 0.1) is 0 Å². The van der Waals surface area contributed by atoms with Crippen LogP contribution in [0.2, 0.25) is 0 Å². The molecule has 0 saturated carbocycles. The summed E-state index contributed by atoms with van der Waals surface area (Å²) in [5, 5.41) is 11.7. The molecule has 4 aromatic rings. The van der Waals surface area contributed by atoms with Crippen LogP contribution >= 0.6 is 0 Å². The first-order valence-corrected chi connectivity index (χ1v) is 11.0. The van der Waals surface area contributed by atoms with Crippen molar-refractivity contribution in [3.8, 4) is 5.75 Å². The van der Waals surface area contributed by atoms with E-state index < -0.39 is 5.97 Å². The number of aryl methyl sites for hydroxylation is 1. The highest BCUT2D eigenvalue weighted by molar-refractivity contribution is 6.08. The Labute approximate surface area is 193 Å². The predicted molar refractivity (Wildman–Crippen MR) is 129 cm³/mol. The van der Waals surface area contributed by atoms with Crippen molar-refractivity contribution in [1.29, 1.82) is 0 Å². The van der Waals surface area contributed by atoms with E-state index >= 15 is 0 Å². The summed E-state index contributed by atoms with van der Waals surface area (Å²) in [6.45, 7) is 3.66. The number of carbonyl (C=O) groups is 2. The van der Waals surface area contributed by atoms with Gasteiger partial charge in [-0.3, -0.25) is 9.59 Å². The molecule has 3 aromatic carbocycles. The van der Waals surface area contributed by atoms with Crippen LogP contribution in [0.3, 0.4) is 0 Å². The molecule has 0 atom stereocenters. The fourth-order valence-electron chi connectivity index (χ4n) is 4.21. The number of fused-ring (bicyclic) bond motifs is 3. The average molecular weight is 445 g/mol. The van der Waals surface area contributed by atoms with Gasteiger partial charge >= 0.3 is 5.97 Å². The number of benzene rings is 3. The van der Waals surface area contributed by atoms with E-state index in [0.29, 0.717) is 5.75 Å². The van der Waals surface area contributed by atoms with Gasteiger partial charge < -0.3 is 19.3 Å². The van der Waals surface area contributed by atoms with E-state index in [1.807, 2.05) is 75.5 Å². The molecule has 6 heteroatoms. The van der Waals surface area contributed by atoms with Crippen LogP contribution in [0.15, 0.2) is 66.7 Å². The van der Waals surface area contributed by atoms with Crippen molar-refractivity contribution in [2.75, 3.05) is 6.54 Å². The predicted octanol–water partition coefficient (Wildman–Crippen LogP) is 4.77. The van der Waals surface area contributed by atoms with Crippen LogP contribution in [0.1, 0.15) is 25.0 Å². The summed E-state index contributed by atoms with van der Waals surface area (Å²) in [6.07, 6.45) is 0.0973. The second kappa shape index (κ2) is 9.36. The highest BCUT2D eigenvalue weighted by Gasteiger charge is 2.20. The summed E-state index contributed by atoms with van der Waals surface area (Å²) in [4.78, 5) is 26.1. The molecule has 1 N–H and O–H groups in total. The zero-order valence-electron chi connectivity index (χ0n) is 19.1. The highest BCUT2D eigenvalue weighted by atomic mass is 16.5. The maximum Gasteiger partial charge on any atom is 0.323 e. The number of carbonyl (C=O) groups excluding carboxylic acids is 1. The van der Waals surface area contributed by atoms with Gasteiger partial charge in [0.2, 0.25) is 5.91 Å². The van der Waals surface area contributed by atoms with Crippen LogP contribution in [-0.4, -0.2) is 39.1 Å². The third-order valence-corrected chi connectivity index (χ3v) is 5.71. The molecule has 0 aliphatic carbocycles. The van der Waals surface area contributed by atoms with Gasteiger partial charge in [-0.1, -0.05) is 48.5 Å². The van der Waals surface area contributed by atoms with Gasteiger partial charge in [0.05, 0.1) is 12.5 Å². The van der Waals surface area contributed by atoms with E-state index in [1.54, 1.807) is 0 Å². The number of hydrogen-bond donors (Lipinski definition) is 1. The van der Waals surface area contributed by atoms with Crippen LogP contribution in [0.4, 0.5) is 0 Å². The van der Waals surface area contributed by atoms with Gasteiger partial charge in [0.1, 0.15) is 12.3 Å². The van der Waals surface area contributed by atoms with E-state index in [9.17, 15) is 14.7 Å². The Balaban J connectivity index is 1.60. The first-order chi connectivity index (χ1) is 15.8. The van der Waals surface area contributed by atoms with E-state index in [4.69, 9.17) is 4.74 Å². The number of rotatable bonds is 8. The van der Waals surface area contributed by atoms with Crippen molar-refractivity contribution in [3.63, 3.8) is 0 Å². The van der Waals surface area contributed by atoms with E-state index in [1.165, 1.54) is 10.3 Å². The highest BCUT2D eigenvalue weighted by Crippen LogP contribution is 2.29. The standard InChI is InChI=1S/C27H28N2O4/c1-18(2)33-25-11-7-4-8-20(25)16-29(17-27(31)32)26(30)15-19-12-13-22-21-9-5-6-10-23(21)28(3)24(22)14-19/h4-14,18H,15-17H2,1-3H3,(H,31,32). The largest absolute Gasteiger partial charge is 0.491 e. The van der Waals surface area contributed by atoms with E-state index in [2.05, 4.69) is 16.7 Å². The van der Waals surface area contributed by atoms with Gasteiger partial charge in [-0.05, 0) is 37.6 Å². The molecule has 0 unspecified atom stereocenters. The molecule has 0 radical (unpaired) electrons. The molecular formula is C27H28N2O4. The topological polar surface area (TPSA) is 71.8 Å². The Morgan fingerprint density at radius 1 is 0.970 bits per heavy atom. The van der Waals surface area contributed by atoms with Crippen molar-refractivity contribution in [2.45, 2.75) is 32.9 Å². The van der Waals surface area contributed by atoms with Crippen molar-refractivity contribution in [2.24, 2.45) is 7.05 Å². The number of ether oxygens (including phenoxy) is 1. The molecule has 0 aliphatic heterocycles. The molecule has 170 valence electrons. The minimum absolute atomic E-state index is 0.0256. The molecule has 0 spiro atoms. The second-order valence-electron chi connectivity index (χ2n) is 8.52. The molecule has 0 bridgehead atoms. The van der Waals surface area contributed by atoms with Gasteiger partial charge in [-0.15, -0.1) is 0 Å². The van der Waals surface area contributed by atoms with Crippen molar-refractivity contribution in [3.05, 3.63) is 77.9 Å². The summed E-state index contributed by atoms with van der Waals surface area (Å²) in [5.74, 6) is -0.628. The lowest BCUT2D eigenvalue weighted by atomic mass is 10.1. The third kappa shape index (κ3) is 4.85. The molecule has 1 aromatic heterocycles. The number of carboxylic acid groups (broad SMARTS) is 1. The third-order valence-electron chi connectivity index (χ3n) is 5.71. The Morgan fingerprint density at radius 3 is 2.42 bits per heavy atom. The van der Waals surface area contributed by atoms with Crippen molar-refractivity contribution >= 4 is 33.7 Å². The zero-order valence-corrected chi connectivity index (χ0v) is 19.1. The van der Waals surface area contributed by atoms with Gasteiger partial charge in [-0.2, -0.15) is 0 Å². The molecule has 1 heterocycles. The van der Waals surface area contributed by atoms with E-state index in [-0.39, 0.29) is 31.5 Å². The lowest BCUT2D eigenvalue weighted by Crippen LogP contribution is -2.36. The Hall–Kier alpha value is -3.80. The first-order valence-electron chi connectivity index (χ1n) is 11.0. The van der Waals surface area contributed by atoms with Gasteiger partial charge in [-0.25, -0.2) is 0 Å². The summed E-state index contributed by atoms with van der Waals surface area (Å²) in [6, 6.07) is 21.6. The van der Waals surface area contributed by atoms with Crippen LogP contribution in [-0.2, 0) is 29.6 Å². The molecule has 6 nitrogen and oxygen atoms in total. The fraction of sp³-hybridized carbons (Fsp3) is 0.259. The normalized spacial score (nSPS) is 11.3. The average Bonchev–Trinajstić information content (AvgIpc) is 3.06. The number of para-hydroxylation sites is 2. The summed E-state index contributed by atoms with van der Waals surface area (Å²) in [5.41, 5.74) is 3.80. The van der Waals surface area contributed by atoms with Crippen LogP contribution in [0.25, 0.3) is 21.8 Å². The molecule has 1 amide bonds. The maximum atomic E-state index is 13.2. The van der Waals surface area contributed by atoms with Crippen LogP contribution < -0.4 is 4.74 Å².